The first-order chi connectivity index (χ1) is 17.6. The van der Waals surface area contributed by atoms with Crippen LogP contribution in [0.25, 0.3) is 0 Å². The van der Waals surface area contributed by atoms with E-state index < -0.39 is 29.7 Å². The molecular formula is C27H36F3N3O4. The zero-order chi connectivity index (χ0) is 27.0. The molecule has 204 valence electrons. The van der Waals surface area contributed by atoms with E-state index in [2.05, 4.69) is 17.5 Å². The van der Waals surface area contributed by atoms with Gasteiger partial charge in [-0.3, -0.25) is 14.4 Å². The van der Waals surface area contributed by atoms with Crippen LogP contribution in [-0.4, -0.2) is 47.9 Å². The van der Waals surface area contributed by atoms with Gasteiger partial charge < -0.3 is 20.7 Å². The second kappa shape index (κ2) is 13.0. The predicted octanol–water partition coefficient (Wildman–Crippen LogP) is 4.67. The smallest absolute Gasteiger partial charge is 0.416 e. The number of halogens is 3. The number of nitrogens with two attached hydrogens (primary N) is 1. The number of nitrogens with zero attached hydrogens (tertiary/aromatic N) is 1. The lowest BCUT2D eigenvalue weighted by Gasteiger charge is -2.28. The van der Waals surface area contributed by atoms with Crippen LogP contribution < -0.4 is 11.1 Å². The van der Waals surface area contributed by atoms with E-state index in [1.807, 2.05) is 0 Å². The van der Waals surface area contributed by atoms with E-state index in [4.69, 9.17) is 10.5 Å². The lowest BCUT2D eigenvalue weighted by Crippen LogP contribution is -2.49. The first-order valence-electron chi connectivity index (χ1n) is 13.0. The van der Waals surface area contributed by atoms with Crippen molar-refractivity contribution in [2.45, 2.75) is 76.6 Å². The Labute approximate surface area is 215 Å². The fraction of sp³-hybridized carbons (Fsp3) is 0.593. The number of carbonyl (C=O) groups excluding carboxylic acids is 3. The number of amides is 2. The number of likely N-dealkylation sites (tertiary alicyclic amines) is 1. The second-order valence-corrected chi connectivity index (χ2v) is 9.69. The largest absolute Gasteiger partial charge is 0.466 e. The molecule has 0 radical (unpaired) electrons. The number of nitrogens with one attached hydrogen (secondary N) is 1. The van der Waals surface area contributed by atoms with Crippen LogP contribution in [0.15, 0.2) is 36.4 Å². The molecule has 3 N–H and O–H groups in total. The van der Waals surface area contributed by atoms with Crippen molar-refractivity contribution in [3.63, 3.8) is 0 Å². The van der Waals surface area contributed by atoms with Gasteiger partial charge in [0.1, 0.15) is 12.1 Å². The Morgan fingerprint density at radius 1 is 1.19 bits per heavy atom. The summed E-state index contributed by atoms with van der Waals surface area (Å²) in [6.07, 6.45) is 5.54. The summed E-state index contributed by atoms with van der Waals surface area (Å²) in [6.45, 7) is 2.61. The highest BCUT2D eigenvalue weighted by molar-refractivity contribution is 5.91. The summed E-state index contributed by atoms with van der Waals surface area (Å²) in [7, 11) is 0. The molecule has 1 saturated heterocycles. The van der Waals surface area contributed by atoms with Crippen molar-refractivity contribution in [2.24, 2.45) is 17.6 Å². The summed E-state index contributed by atoms with van der Waals surface area (Å²) in [5, 5.41) is 3.08. The maximum absolute atomic E-state index is 13.3. The highest BCUT2D eigenvalue weighted by Crippen LogP contribution is 2.40. The van der Waals surface area contributed by atoms with E-state index in [0.29, 0.717) is 38.1 Å². The molecule has 1 aromatic rings. The van der Waals surface area contributed by atoms with Crippen LogP contribution in [0.5, 0.6) is 0 Å². The van der Waals surface area contributed by atoms with Crippen molar-refractivity contribution in [3.05, 3.63) is 42.0 Å². The number of primary amides is 1. The molecule has 1 aliphatic heterocycles. The minimum absolute atomic E-state index is 0.0194. The number of benzene rings is 1. The summed E-state index contributed by atoms with van der Waals surface area (Å²) >= 11 is 0. The lowest BCUT2D eigenvalue weighted by molar-refractivity contribution is -0.145. The molecule has 10 heteroatoms. The molecule has 2 fully saturated rings. The number of carbonyl (C=O) groups is 3. The Morgan fingerprint density at radius 3 is 2.57 bits per heavy atom. The van der Waals surface area contributed by atoms with Gasteiger partial charge in [0.05, 0.1) is 18.1 Å². The number of rotatable bonds is 13. The number of unbranched alkanes of at least 4 members (excludes halogenated alkanes) is 3. The average molecular weight is 524 g/mol. The molecule has 0 aromatic heterocycles. The normalized spacial score (nSPS) is 22.2. The van der Waals surface area contributed by atoms with Crippen molar-refractivity contribution in [1.29, 1.82) is 0 Å². The summed E-state index contributed by atoms with van der Waals surface area (Å²) in [5.41, 5.74) is 5.12. The van der Waals surface area contributed by atoms with E-state index in [0.717, 1.165) is 44.2 Å². The van der Waals surface area contributed by atoms with E-state index in [1.165, 1.54) is 17.0 Å². The van der Waals surface area contributed by atoms with Crippen LogP contribution in [0.3, 0.4) is 0 Å². The van der Waals surface area contributed by atoms with Crippen LogP contribution in [0, 0.1) is 11.8 Å². The topological polar surface area (TPSA) is 102 Å². The molecule has 1 saturated carbocycles. The number of esters is 1. The van der Waals surface area contributed by atoms with Gasteiger partial charge in [-0.15, -0.1) is 0 Å². The third kappa shape index (κ3) is 8.23. The van der Waals surface area contributed by atoms with Crippen LogP contribution in [0.1, 0.15) is 63.9 Å². The molecule has 7 nitrogen and oxygen atoms in total. The summed E-state index contributed by atoms with van der Waals surface area (Å²) in [6, 6.07) is 3.24. The Bertz CT molecular complexity index is 965. The van der Waals surface area contributed by atoms with Crippen molar-refractivity contribution in [3.8, 4) is 0 Å². The average Bonchev–Trinajstić information content (AvgIpc) is 3.45. The molecule has 2 amide bonds. The number of alkyl halides is 3. The maximum Gasteiger partial charge on any atom is 0.416 e. The van der Waals surface area contributed by atoms with E-state index in [-0.39, 0.29) is 23.7 Å². The van der Waals surface area contributed by atoms with E-state index in [1.54, 1.807) is 6.92 Å². The van der Waals surface area contributed by atoms with Gasteiger partial charge >= 0.3 is 12.1 Å². The zero-order valence-electron chi connectivity index (χ0n) is 21.1. The van der Waals surface area contributed by atoms with Crippen LogP contribution in [-0.2, 0) is 25.3 Å². The molecule has 1 aliphatic carbocycles. The van der Waals surface area contributed by atoms with Crippen molar-refractivity contribution in [2.75, 3.05) is 18.5 Å². The Morgan fingerprint density at radius 2 is 1.92 bits per heavy atom. The molecule has 37 heavy (non-hydrogen) atoms. The summed E-state index contributed by atoms with van der Waals surface area (Å²) in [5.74, 6) is -0.710. The molecule has 2 aliphatic rings. The van der Waals surface area contributed by atoms with Gasteiger partial charge in [-0.1, -0.05) is 25.0 Å². The van der Waals surface area contributed by atoms with Gasteiger partial charge in [0.15, 0.2) is 0 Å². The van der Waals surface area contributed by atoms with Crippen LogP contribution in [0.2, 0.25) is 0 Å². The molecule has 1 aromatic carbocycles. The lowest BCUT2D eigenvalue weighted by atomic mass is 10.0. The second-order valence-electron chi connectivity index (χ2n) is 9.69. The monoisotopic (exact) mass is 523 g/mol. The van der Waals surface area contributed by atoms with Gasteiger partial charge in [-0.25, -0.2) is 0 Å². The zero-order valence-corrected chi connectivity index (χ0v) is 21.1. The third-order valence-corrected chi connectivity index (χ3v) is 6.89. The minimum atomic E-state index is -4.44. The highest BCUT2D eigenvalue weighted by atomic mass is 19.4. The summed E-state index contributed by atoms with van der Waals surface area (Å²) < 4.78 is 43.8. The molecule has 0 unspecified atom stereocenters. The number of allylic oxidation sites excluding steroid dienone is 2. The van der Waals surface area contributed by atoms with Gasteiger partial charge in [0, 0.05) is 12.2 Å². The van der Waals surface area contributed by atoms with Crippen molar-refractivity contribution >= 4 is 23.5 Å². The number of hydrogen-bond acceptors (Lipinski definition) is 5. The van der Waals surface area contributed by atoms with E-state index >= 15 is 0 Å². The summed E-state index contributed by atoms with van der Waals surface area (Å²) in [4.78, 5) is 38.3. The first-order valence-corrected chi connectivity index (χ1v) is 13.0. The number of anilines is 1. The Kier molecular flexibility index (Phi) is 10.00. The van der Waals surface area contributed by atoms with Gasteiger partial charge in [-0.2, -0.15) is 13.2 Å². The highest BCUT2D eigenvalue weighted by Gasteiger charge is 2.42. The fourth-order valence-electron chi connectivity index (χ4n) is 4.75. The fourth-order valence-corrected chi connectivity index (χ4v) is 4.75. The van der Waals surface area contributed by atoms with Crippen LogP contribution >= 0.6 is 0 Å². The minimum Gasteiger partial charge on any atom is -0.466 e. The quantitative estimate of drug-likeness (QED) is 0.222. The van der Waals surface area contributed by atoms with Gasteiger partial charge in [0.2, 0.25) is 11.8 Å². The van der Waals surface area contributed by atoms with Crippen molar-refractivity contribution < 1.29 is 32.3 Å². The molecular weight excluding hydrogens is 487 g/mol. The molecule has 4 atom stereocenters. The third-order valence-electron chi connectivity index (χ3n) is 6.89. The number of hydrogen-bond donors (Lipinski definition) is 2. The van der Waals surface area contributed by atoms with Crippen molar-refractivity contribution in [1.82, 2.24) is 4.90 Å². The Balaban J connectivity index is 1.52. The first kappa shape index (κ1) is 28.5. The molecule has 0 bridgehead atoms. The molecule has 3 rings (SSSR count). The predicted molar refractivity (Wildman–Crippen MR) is 133 cm³/mol. The van der Waals surface area contributed by atoms with E-state index in [9.17, 15) is 27.6 Å². The molecule has 0 spiro atoms. The van der Waals surface area contributed by atoms with Crippen LogP contribution in [0.4, 0.5) is 18.9 Å². The SMILES string of the molecule is CCOC(=O)[C@H]1C[C@H]1/C=C\CCCCC[C@H](Nc1ccc(C(F)(F)F)cc1)C(=O)N1CCC[C@H]1C(N)=O. The standard InChI is InChI=1S/C27H36F3N3O4/c1-2-37-26(36)21-17-18(21)9-6-4-3-5-7-10-22(25(35)33-16-8-11-23(33)24(31)34)32-20-14-12-19(13-15-20)27(28,29)30/h6,9,12-15,18,21-23,32H,2-5,7-8,10-11,16-17H2,1H3,(H2,31,34)/b9-6-/t18-,21+,22+,23+/m1/s1. The Hall–Kier alpha value is -3.04. The van der Waals surface area contributed by atoms with Gasteiger partial charge in [-0.05, 0) is 75.6 Å². The maximum atomic E-state index is 13.3. The molecule has 1 heterocycles. The van der Waals surface area contributed by atoms with Gasteiger partial charge in [0.25, 0.3) is 0 Å². The number of ether oxygens (including phenoxy) is 1.